The molecule has 1 fully saturated rings. The summed E-state index contributed by atoms with van der Waals surface area (Å²) in [7, 11) is 1.45. The van der Waals surface area contributed by atoms with E-state index in [2.05, 4.69) is 58.7 Å². The minimum Gasteiger partial charge on any atom is -0.487 e. The van der Waals surface area contributed by atoms with Gasteiger partial charge in [-0.15, -0.1) is 0 Å². The maximum Gasteiger partial charge on any atom is 0.316 e. The first-order chi connectivity index (χ1) is 9.94. The molecule has 1 aliphatic carbocycles. The van der Waals surface area contributed by atoms with Crippen LogP contribution in [-0.2, 0) is 14.9 Å². The first kappa shape index (κ1) is 17.1. The van der Waals surface area contributed by atoms with Crippen LogP contribution in [0.4, 0.5) is 0 Å². The lowest BCUT2D eigenvalue weighted by Crippen LogP contribution is -2.22. The van der Waals surface area contributed by atoms with Gasteiger partial charge in [-0.1, -0.05) is 13.5 Å². The molecule has 114 valence electrons. The Morgan fingerprint density at radius 2 is 1.90 bits per heavy atom. The molecule has 2 rings (SSSR count). The maximum atomic E-state index is 12.0. The number of methoxy groups -OCH3 is 1. The Morgan fingerprint density at radius 3 is 2.33 bits per heavy atom. The number of esters is 1. The Labute approximate surface area is 152 Å². The number of ether oxygens (including phenoxy) is 2. The van der Waals surface area contributed by atoms with E-state index in [9.17, 15) is 4.79 Å². The van der Waals surface area contributed by atoms with Crippen molar-refractivity contribution in [1.82, 2.24) is 0 Å². The van der Waals surface area contributed by atoms with Crippen molar-refractivity contribution >= 4 is 51.2 Å². The Bertz CT molecular complexity index is 554. The molecule has 1 saturated carbocycles. The summed E-state index contributed by atoms with van der Waals surface area (Å²) >= 11 is 4.52. The van der Waals surface area contributed by atoms with Crippen molar-refractivity contribution in [3.05, 3.63) is 37.0 Å². The largest absolute Gasteiger partial charge is 0.487 e. The zero-order valence-electron chi connectivity index (χ0n) is 12.2. The molecule has 0 N–H and O–H groups in total. The molecule has 0 aliphatic heterocycles. The summed E-state index contributed by atoms with van der Waals surface area (Å²) in [5, 5.41) is 0. The Hall–Kier alpha value is -0.310. The maximum absolute atomic E-state index is 12.0. The average Bonchev–Trinajstić information content (AvgIpc) is 3.26. The van der Waals surface area contributed by atoms with Crippen molar-refractivity contribution in [2.24, 2.45) is 0 Å². The Morgan fingerprint density at radius 1 is 1.33 bits per heavy atom. The summed E-state index contributed by atoms with van der Waals surface area (Å²) in [6, 6.07) is 4.08. The lowest BCUT2D eigenvalue weighted by atomic mass is 9.96. The first-order valence-electron chi connectivity index (χ1n) is 6.82. The van der Waals surface area contributed by atoms with Crippen LogP contribution in [-0.4, -0.2) is 19.7 Å². The van der Waals surface area contributed by atoms with Crippen molar-refractivity contribution < 1.29 is 14.3 Å². The van der Waals surface area contributed by atoms with Gasteiger partial charge >= 0.3 is 5.97 Å². The second kappa shape index (κ2) is 6.85. The minimum absolute atomic E-state index is 0.137. The molecule has 0 spiro atoms. The average molecular weight is 512 g/mol. The molecule has 21 heavy (non-hydrogen) atoms. The van der Waals surface area contributed by atoms with Crippen LogP contribution < -0.4 is 4.74 Å². The first-order valence-corrected chi connectivity index (χ1v) is 8.97. The van der Waals surface area contributed by atoms with Gasteiger partial charge in [0.1, 0.15) is 12.4 Å². The van der Waals surface area contributed by atoms with Crippen molar-refractivity contribution in [2.45, 2.75) is 31.6 Å². The zero-order chi connectivity index (χ0) is 15.6. The van der Waals surface area contributed by atoms with E-state index in [0.29, 0.717) is 6.61 Å². The predicted molar refractivity (Wildman–Crippen MR) is 99.7 cm³/mol. The van der Waals surface area contributed by atoms with E-state index in [0.717, 1.165) is 43.3 Å². The highest BCUT2D eigenvalue weighted by Gasteiger charge is 2.52. The van der Waals surface area contributed by atoms with Crippen molar-refractivity contribution in [3.63, 3.8) is 0 Å². The number of carbonyl (C=O) groups excluding carboxylic acids is 1. The van der Waals surface area contributed by atoms with E-state index in [1.807, 2.05) is 12.1 Å². The summed E-state index contributed by atoms with van der Waals surface area (Å²) in [6.07, 6.45) is 2.63. The lowest BCUT2D eigenvalue weighted by molar-refractivity contribution is -0.143. The molecule has 0 unspecified atom stereocenters. The molecular formula is C16H18I2O3. The molecule has 1 aromatic carbocycles. The second-order valence-corrected chi connectivity index (χ2v) is 7.56. The van der Waals surface area contributed by atoms with Crippen molar-refractivity contribution in [2.75, 3.05) is 13.7 Å². The molecule has 3 nitrogen and oxygen atoms in total. The van der Waals surface area contributed by atoms with E-state index in [4.69, 9.17) is 9.47 Å². The highest BCUT2D eigenvalue weighted by molar-refractivity contribution is 14.1. The molecule has 1 aliphatic rings. The van der Waals surface area contributed by atoms with Gasteiger partial charge in [0.15, 0.2) is 0 Å². The van der Waals surface area contributed by atoms with Gasteiger partial charge in [-0.25, -0.2) is 0 Å². The van der Waals surface area contributed by atoms with Crippen LogP contribution in [0.1, 0.15) is 31.7 Å². The molecule has 1 aromatic rings. The fourth-order valence-corrected chi connectivity index (χ4v) is 4.26. The van der Waals surface area contributed by atoms with Gasteiger partial charge in [0, 0.05) is 0 Å². The van der Waals surface area contributed by atoms with Crippen molar-refractivity contribution in [1.29, 1.82) is 0 Å². The van der Waals surface area contributed by atoms with Crippen LogP contribution in [0.25, 0.3) is 0 Å². The standard InChI is InChI=1S/C16H18I2O3/c1-4-10(2)9-21-14-12(17)7-11(8-13(14)18)16(5-6-16)15(19)20-3/h7-8H,2,4-6,9H2,1,3H3. The van der Waals surface area contributed by atoms with Crippen LogP contribution in [0.15, 0.2) is 24.3 Å². The van der Waals surface area contributed by atoms with Crippen LogP contribution in [0, 0.1) is 7.14 Å². The molecule has 0 saturated heterocycles. The van der Waals surface area contributed by atoms with Crippen LogP contribution in [0.5, 0.6) is 5.75 Å². The fourth-order valence-electron chi connectivity index (χ4n) is 2.18. The van der Waals surface area contributed by atoms with E-state index in [1.54, 1.807) is 0 Å². The highest BCUT2D eigenvalue weighted by atomic mass is 127. The monoisotopic (exact) mass is 512 g/mol. The molecule has 0 bridgehead atoms. The predicted octanol–water partition coefficient (Wildman–Crippen LogP) is 4.45. The van der Waals surface area contributed by atoms with E-state index in [-0.39, 0.29) is 5.97 Å². The van der Waals surface area contributed by atoms with E-state index in [1.165, 1.54) is 7.11 Å². The van der Waals surface area contributed by atoms with E-state index < -0.39 is 5.41 Å². The molecule has 0 aromatic heterocycles. The van der Waals surface area contributed by atoms with Crippen LogP contribution >= 0.6 is 45.2 Å². The SMILES string of the molecule is C=C(CC)COc1c(I)cc(C2(C(=O)OC)CC2)cc1I. The van der Waals surface area contributed by atoms with Gasteiger partial charge in [-0.3, -0.25) is 4.79 Å². The normalized spacial score (nSPS) is 15.4. The minimum atomic E-state index is -0.430. The van der Waals surface area contributed by atoms with Crippen LogP contribution in [0.2, 0.25) is 0 Å². The van der Waals surface area contributed by atoms with Gasteiger partial charge in [0.25, 0.3) is 0 Å². The number of hydrogen-bond acceptors (Lipinski definition) is 3. The van der Waals surface area contributed by atoms with Crippen molar-refractivity contribution in [3.8, 4) is 5.75 Å². The summed E-state index contributed by atoms with van der Waals surface area (Å²) in [6.45, 7) is 6.56. The zero-order valence-corrected chi connectivity index (χ0v) is 16.5. The number of rotatable bonds is 6. The third-order valence-electron chi connectivity index (χ3n) is 3.80. The smallest absolute Gasteiger partial charge is 0.316 e. The number of halogens is 2. The molecule has 0 heterocycles. The van der Waals surface area contributed by atoms with Gasteiger partial charge in [-0.2, -0.15) is 0 Å². The lowest BCUT2D eigenvalue weighted by Gasteiger charge is -2.17. The Balaban J connectivity index is 2.25. The van der Waals surface area contributed by atoms with Crippen LogP contribution in [0.3, 0.4) is 0 Å². The van der Waals surface area contributed by atoms with Gasteiger partial charge in [-0.05, 0) is 87.7 Å². The summed E-state index contributed by atoms with van der Waals surface area (Å²) in [5.74, 6) is 0.734. The highest BCUT2D eigenvalue weighted by Crippen LogP contribution is 2.50. The summed E-state index contributed by atoms with van der Waals surface area (Å²) in [4.78, 5) is 12.0. The summed E-state index contributed by atoms with van der Waals surface area (Å²) in [5.41, 5.74) is 1.67. The molecular weight excluding hydrogens is 494 g/mol. The van der Waals surface area contributed by atoms with E-state index >= 15 is 0 Å². The van der Waals surface area contributed by atoms with Gasteiger partial charge in [0.2, 0.25) is 0 Å². The fraction of sp³-hybridized carbons (Fsp3) is 0.438. The molecule has 0 radical (unpaired) electrons. The molecule has 5 heteroatoms. The Kier molecular flexibility index (Phi) is 5.56. The number of hydrogen-bond donors (Lipinski definition) is 0. The molecule has 0 atom stereocenters. The third-order valence-corrected chi connectivity index (χ3v) is 5.40. The molecule has 0 amide bonds. The third kappa shape index (κ3) is 3.55. The summed E-state index contributed by atoms with van der Waals surface area (Å²) < 4.78 is 12.9. The number of benzene rings is 1. The topological polar surface area (TPSA) is 35.5 Å². The number of carbonyl (C=O) groups is 1. The van der Waals surface area contributed by atoms with Gasteiger partial charge in [0.05, 0.1) is 19.7 Å². The van der Waals surface area contributed by atoms with Gasteiger partial charge < -0.3 is 9.47 Å². The quantitative estimate of drug-likeness (QED) is 0.322. The second-order valence-electron chi connectivity index (χ2n) is 5.23.